The smallest absolute Gasteiger partial charge is 0.309 e. The molecule has 0 unspecified atom stereocenters. The number of halogens is 2. The average Bonchev–Trinajstić information content (AvgIpc) is 2.65. The van der Waals surface area contributed by atoms with Gasteiger partial charge in [-0.05, 0) is 43.4 Å². The lowest BCUT2D eigenvalue weighted by molar-refractivity contribution is -0.154. The molecule has 2 rings (SSSR count). The van der Waals surface area contributed by atoms with Gasteiger partial charge in [0.25, 0.3) is 0 Å². The Hall–Kier alpha value is -1.26. The Balaban J connectivity index is 2.22. The molecular weight excluding hydrogens is 325 g/mol. The Morgan fingerprint density at radius 3 is 2.41 bits per heavy atom. The number of anilines is 1. The van der Waals surface area contributed by atoms with Crippen LogP contribution in [0.25, 0.3) is 0 Å². The summed E-state index contributed by atoms with van der Waals surface area (Å²) >= 11 is 11.9. The second kappa shape index (κ2) is 5.74. The molecule has 1 aliphatic carbocycles. The molecule has 0 bridgehead atoms. The van der Waals surface area contributed by atoms with Gasteiger partial charge in [-0.2, -0.15) is 0 Å². The maximum absolute atomic E-state index is 12.6. The molecule has 0 aromatic heterocycles. The topological polar surface area (TPSA) is 66.4 Å². The van der Waals surface area contributed by atoms with Gasteiger partial charge in [-0.25, -0.2) is 0 Å². The van der Waals surface area contributed by atoms with Crippen molar-refractivity contribution in [3.8, 4) is 0 Å². The van der Waals surface area contributed by atoms with Crippen molar-refractivity contribution in [3.63, 3.8) is 0 Å². The molecule has 22 heavy (non-hydrogen) atoms. The summed E-state index contributed by atoms with van der Waals surface area (Å²) in [6.45, 7) is 5.38. The van der Waals surface area contributed by atoms with E-state index in [1.807, 2.05) is 13.8 Å². The highest BCUT2D eigenvalue weighted by Crippen LogP contribution is 2.56. The third-order valence-corrected chi connectivity index (χ3v) is 5.75. The van der Waals surface area contributed by atoms with Crippen LogP contribution in [0, 0.1) is 16.7 Å². The van der Waals surface area contributed by atoms with Crippen LogP contribution in [-0.2, 0) is 9.59 Å². The summed E-state index contributed by atoms with van der Waals surface area (Å²) < 4.78 is 0. The zero-order valence-electron chi connectivity index (χ0n) is 12.7. The summed E-state index contributed by atoms with van der Waals surface area (Å²) in [5.74, 6) is -1.46. The first-order chi connectivity index (χ1) is 10.1. The number of aliphatic carboxylic acids is 1. The van der Waals surface area contributed by atoms with E-state index in [0.29, 0.717) is 28.6 Å². The highest BCUT2D eigenvalue weighted by molar-refractivity contribution is 6.36. The minimum absolute atomic E-state index is 0.209. The number of carboxylic acids is 1. The molecule has 1 aromatic carbocycles. The van der Waals surface area contributed by atoms with Gasteiger partial charge >= 0.3 is 5.97 Å². The molecule has 0 heterocycles. The second-order valence-electron chi connectivity index (χ2n) is 6.56. The van der Waals surface area contributed by atoms with E-state index in [0.717, 1.165) is 0 Å². The van der Waals surface area contributed by atoms with Crippen LogP contribution < -0.4 is 5.32 Å². The van der Waals surface area contributed by atoms with Gasteiger partial charge in [-0.1, -0.05) is 37.0 Å². The number of benzene rings is 1. The fourth-order valence-electron chi connectivity index (χ4n) is 3.15. The Bertz CT molecular complexity index is 630. The van der Waals surface area contributed by atoms with E-state index in [4.69, 9.17) is 23.2 Å². The fraction of sp³-hybridized carbons (Fsp3) is 0.500. The lowest BCUT2D eigenvalue weighted by Crippen LogP contribution is -2.43. The monoisotopic (exact) mass is 343 g/mol. The number of carbonyl (C=O) groups is 2. The van der Waals surface area contributed by atoms with Crippen LogP contribution in [0.3, 0.4) is 0 Å². The van der Waals surface area contributed by atoms with Crippen molar-refractivity contribution < 1.29 is 14.7 Å². The molecule has 0 spiro atoms. The molecule has 1 fully saturated rings. The summed E-state index contributed by atoms with van der Waals surface area (Å²) in [4.78, 5) is 24.2. The molecule has 2 atom stereocenters. The fourth-order valence-corrected chi connectivity index (χ4v) is 3.61. The minimum atomic E-state index is -0.918. The Labute approximate surface area is 139 Å². The number of hydrogen-bond acceptors (Lipinski definition) is 2. The molecule has 1 aliphatic rings. The van der Waals surface area contributed by atoms with Crippen LogP contribution >= 0.6 is 23.2 Å². The van der Waals surface area contributed by atoms with Crippen molar-refractivity contribution in [1.82, 2.24) is 0 Å². The predicted octanol–water partition coefficient (Wildman–Crippen LogP) is 4.46. The maximum Gasteiger partial charge on any atom is 0.309 e. The quantitative estimate of drug-likeness (QED) is 0.851. The van der Waals surface area contributed by atoms with Crippen molar-refractivity contribution in [2.24, 2.45) is 16.7 Å². The van der Waals surface area contributed by atoms with Gasteiger partial charge in [-0.3, -0.25) is 9.59 Å². The van der Waals surface area contributed by atoms with E-state index in [1.165, 1.54) is 0 Å². The second-order valence-corrected chi connectivity index (χ2v) is 7.41. The number of nitrogens with one attached hydrogen (secondary N) is 1. The van der Waals surface area contributed by atoms with E-state index in [9.17, 15) is 14.7 Å². The van der Waals surface area contributed by atoms with Crippen LogP contribution in [0.4, 0.5) is 5.69 Å². The third kappa shape index (κ3) is 2.70. The van der Waals surface area contributed by atoms with Crippen LogP contribution in [0.2, 0.25) is 10.0 Å². The molecule has 0 aliphatic heterocycles. The zero-order valence-corrected chi connectivity index (χ0v) is 14.3. The molecule has 4 nitrogen and oxygen atoms in total. The molecule has 1 amide bonds. The van der Waals surface area contributed by atoms with Crippen molar-refractivity contribution in [2.45, 2.75) is 33.6 Å². The zero-order chi connectivity index (χ0) is 16.7. The van der Waals surface area contributed by atoms with Crippen molar-refractivity contribution in [2.75, 3.05) is 5.32 Å². The van der Waals surface area contributed by atoms with Crippen molar-refractivity contribution in [1.29, 1.82) is 0 Å². The first kappa shape index (κ1) is 17.1. The summed E-state index contributed by atoms with van der Waals surface area (Å²) in [6, 6.07) is 4.84. The maximum atomic E-state index is 12.6. The van der Waals surface area contributed by atoms with Crippen molar-refractivity contribution >= 4 is 40.8 Å². The number of carboxylic acid groups (broad SMARTS) is 1. The molecule has 6 heteroatoms. The average molecular weight is 344 g/mol. The number of carbonyl (C=O) groups excluding carboxylic acids is 1. The number of hydrogen-bond donors (Lipinski definition) is 2. The Morgan fingerprint density at radius 2 is 1.91 bits per heavy atom. The minimum Gasteiger partial charge on any atom is -0.481 e. The van der Waals surface area contributed by atoms with Gasteiger partial charge in [0.05, 0.1) is 16.1 Å². The van der Waals surface area contributed by atoms with E-state index < -0.39 is 16.8 Å². The van der Waals surface area contributed by atoms with Crippen molar-refractivity contribution in [3.05, 3.63) is 28.2 Å². The summed E-state index contributed by atoms with van der Waals surface area (Å²) in [6.07, 6.45) is 1.01. The van der Waals surface area contributed by atoms with Gasteiger partial charge in [0.15, 0.2) is 0 Å². The Morgan fingerprint density at radius 1 is 1.27 bits per heavy atom. The molecule has 1 saturated carbocycles. The molecule has 0 radical (unpaired) electrons. The van der Waals surface area contributed by atoms with Crippen LogP contribution in [0.5, 0.6) is 0 Å². The highest BCUT2D eigenvalue weighted by Gasteiger charge is 2.58. The van der Waals surface area contributed by atoms with Gasteiger partial charge in [0.1, 0.15) is 0 Å². The van der Waals surface area contributed by atoms with E-state index in [1.54, 1.807) is 25.1 Å². The molecular formula is C16H19Cl2NO3. The molecule has 120 valence electrons. The van der Waals surface area contributed by atoms with Gasteiger partial charge in [-0.15, -0.1) is 0 Å². The first-order valence-electron chi connectivity index (χ1n) is 7.09. The lowest BCUT2D eigenvalue weighted by atomic mass is 9.65. The first-order valence-corrected chi connectivity index (χ1v) is 7.84. The Kier molecular flexibility index (Phi) is 4.46. The summed E-state index contributed by atoms with van der Waals surface area (Å²) in [5, 5.41) is 13.1. The predicted molar refractivity (Wildman–Crippen MR) is 87.3 cm³/mol. The molecule has 2 N–H and O–H groups in total. The number of amides is 1. The molecule has 0 saturated heterocycles. The van der Waals surface area contributed by atoms with Gasteiger partial charge < -0.3 is 10.4 Å². The van der Waals surface area contributed by atoms with Gasteiger partial charge in [0.2, 0.25) is 5.91 Å². The van der Waals surface area contributed by atoms with E-state index in [-0.39, 0.29) is 11.8 Å². The van der Waals surface area contributed by atoms with Crippen LogP contribution in [0.15, 0.2) is 18.2 Å². The summed E-state index contributed by atoms with van der Waals surface area (Å²) in [5.41, 5.74) is -1.09. The SMILES string of the molecule is CC1(C)[C@H](C(=O)Nc2ccc(Cl)cc2Cl)CC[C@@]1(C)C(=O)O. The largest absolute Gasteiger partial charge is 0.481 e. The molecule has 1 aromatic rings. The lowest BCUT2D eigenvalue weighted by Gasteiger charge is -2.37. The highest BCUT2D eigenvalue weighted by atomic mass is 35.5. The third-order valence-electron chi connectivity index (χ3n) is 5.20. The van der Waals surface area contributed by atoms with Crippen LogP contribution in [0.1, 0.15) is 33.6 Å². The van der Waals surface area contributed by atoms with E-state index in [2.05, 4.69) is 5.32 Å². The summed E-state index contributed by atoms with van der Waals surface area (Å²) in [7, 11) is 0. The van der Waals surface area contributed by atoms with Gasteiger partial charge in [0, 0.05) is 10.9 Å². The standard InChI is InChI=1S/C16H19Cl2NO3/c1-15(2)10(6-7-16(15,3)14(21)22)13(20)19-12-5-4-9(17)8-11(12)18/h4-5,8,10H,6-7H2,1-3H3,(H,19,20)(H,21,22)/t10-,16-/m0/s1. The number of rotatable bonds is 3. The van der Waals surface area contributed by atoms with Crippen LogP contribution in [-0.4, -0.2) is 17.0 Å². The normalized spacial score (nSPS) is 26.7. The van der Waals surface area contributed by atoms with E-state index >= 15 is 0 Å².